The third-order valence-corrected chi connectivity index (χ3v) is 5.74. The molecule has 0 spiro atoms. The number of hydrogen-bond acceptors (Lipinski definition) is 5. The van der Waals surface area contributed by atoms with E-state index in [1.807, 2.05) is 9.80 Å². The number of rotatable bonds is 6. The third-order valence-electron chi connectivity index (χ3n) is 5.74. The van der Waals surface area contributed by atoms with Gasteiger partial charge in [0, 0.05) is 50.0 Å². The molecule has 0 radical (unpaired) electrons. The molecular weight excluding hydrogens is 445 g/mol. The Bertz CT molecular complexity index is 1070. The number of nitrogens with zero attached hydrogens (tertiary/aromatic N) is 5. The smallest absolute Gasteiger partial charge is 0.382 e. The number of piperazine rings is 1. The first-order chi connectivity index (χ1) is 15.6. The Morgan fingerprint density at radius 1 is 0.909 bits per heavy atom. The van der Waals surface area contributed by atoms with Crippen molar-refractivity contribution in [3.8, 4) is 0 Å². The maximum atomic E-state index is 14.6. The minimum atomic E-state index is -4.39. The zero-order valence-electron chi connectivity index (χ0n) is 17.5. The minimum Gasteiger partial charge on any atom is -0.382 e. The second-order valence-electron chi connectivity index (χ2n) is 8.06. The fourth-order valence-electron chi connectivity index (χ4n) is 4.06. The highest BCUT2D eigenvalue weighted by Gasteiger charge is 2.36. The molecule has 1 atom stereocenters. The van der Waals surface area contributed by atoms with Gasteiger partial charge in [-0.3, -0.25) is 4.90 Å². The highest BCUT2D eigenvalue weighted by Crippen LogP contribution is 2.31. The van der Waals surface area contributed by atoms with E-state index in [1.165, 1.54) is 35.5 Å². The molecule has 1 saturated heterocycles. The van der Waals surface area contributed by atoms with E-state index in [4.69, 9.17) is 0 Å². The van der Waals surface area contributed by atoms with Gasteiger partial charge in [-0.15, -0.1) is 0 Å². The first kappa shape index (κ1) is 23.1. The summed E-state index contributed by atoms with van der Waals surface area (Å²) in [6, 6.07) is 8.02. The number of β-amino-alcohol motifs (C(OH)–C–C–N with tert-alkyl or cyclic N) is 1. The summed E-state index contributed by atoms with van der Waals surface area (Å²) in [4.78, 5) is 7.73. The van der Waals surface area contributed by atoms with Gasteiger partial charge in [0.2, 0.25) is 0 Å². The van der Waals surface area contributed by atoms with E-state index in [2.05, 4.69) is 10.1 Å². The van der Waals surface area contributed by atoms with Crippen molar-refractivity contribution >= 4 is 5.69 Å². The fraction of sp³-hybridized carbons (Fsp3) is 0.364. The van der Waals surface area contributed by atoms with Gasteiger partial charge in [-0.05, 0) is 30.3 Å². The van der Waals surface area contributed by atoms with Crippen molar-refractivity contribution in [1.29, 1.82) is 0 Å². The summed E-state index contributed by atoms with van der Waals surface area (Å²) in [6.07, 6.45) is -1.69. The molecule has 11 heteroatoms. The fourth-order valence-corrected chi connectivity index (χ4v) is 4.06. The third kappa shape index (κ3) is 5.31. The van der Waals surface area contributed by atoms with E-state index < -0.39 is 29.0 Å². The Morgan fingerprint density at radius 2 is 1.61 bits per heavy atom. The van der Waals surface area contributed by atoms with Crippen molar-refractivity contribution in [2.24, 2.45) is 0 Å². The largest absolute Gasteiger partial charge is 0.416 e. The second kappa shape index (κ2) is 9.06. The van der Waals surface area contributed by atoms with Crippen LogP contribution in [-0.2, 0) is 18.3 Å². The Kier molecular flexibility index (Phi) is 6.35. The van der Waals surface area contributed by atoms with Crippen LogP contribution in [-0.4, -0.2) is 57.5 Å². The number of alkyl halides is 3. The van der Waals surface area contributed by atoms with Gasteiger partial charge >= 0.3 is 6.18 Å². The van der Waals surface area contributed by atoms with Crippen LogP contribution in [0.15, 0.2) is 55.1 Å². The van der Waals surface area contributed by atoms with Crippen LogP contribution in [0.3, 0.4) is 0 Å². The topological polar surface area (TPSA) is 57.4 Å². The van der Waals surface area contributed by atoms with Gasteiger partial charge in [-0.1, -0.05) is 6.07 Å². The summed E-state index contributed by atoms with van der Waals surface area (Å²) < 4.78 is 67.8. The van der Waals surface area contributed by atoms with Crippen molar-refractivity contribution in [3.05, 3.63) is 77.9 Å². The quantitative estimate of drug-likeness (QED) is 0.564. The van der Waals surface area contributed by atoms with Crippen molar-refractivity contribution in [3.63, 3.8) is 0 Å². The van der Waals surface area contributed by atoms with Crippen LogP contribution < -0.4 is 4.90 Å². The van der Waals surface area contributed by atoms with Crippen molar-refractivity contribution in [2.45, 2.75) is 18.3 Å². The molecule has 6 nitrogen and oxygen atoms in total. The van der Waals surface area contributed by atoms with Gasteiger partial charge in [-0.2, -0.15) is 18.3 Å². The summed E-state index contributed by atoms with van der Waals surface area (Å²) in [5, 5.41) is 15.4. The highest BCUT2D eigenvalue weighted by molar-refractivity contribution is 5.48. The molecule has 0 aliphatic carbocycles. The van der Waals surface area contributed by atoms with E-state index in [1.54, 1.807) is 0 Å². The highest BCUT2D eigenvalue weighted by atomic mass is 19.4. The molecule has 1 fully saturated rings. The summed E-state index contributed by atoms with van der Waals surface area (Å²) >= 11 is 0. The first-order valence-corrected chi connectivity index (χ1v) is 10.3. The Labute approximate surface area is 186 Å². The lowest BCUT2D eigenvalue weighted by atomic mass is 9.92. The standard InChI is InChI=1S/C22H22F5N5O/c23-17-3-6-19(20(24)11-17)21(33,13-32-15-28-14-29-32)12-30-7-9-31(10-8-30)18-4-1-16(2-5-18)22(25,26)27/h1-6,11,14-15,33H,7-10,12-13H2. The molecular formula is C22H22F5N5O. The summed E-state index contributed by atoms with van der Waals surface area (Å²) in [6.45, 7) is 1.96. The SMILES string of the molecule is OC(CN1CCN(c2ccc(C(F)(F)F)cc2)CC1)(Cn1cncn1)c1ccc(F)cc1F. The van der Waals surface area contributed by atoms with Crippen LogP contribution in [0.2, 0.25) is 0 Å². The Balaban J connectivity index is 1.47. The lowest BCUT2D eigenvalue weighted by Gasteiger charge is -2.40. The number of benzene rings is 2. The van der Waals surface area contributed by atoms with Crippen LogP contribution in [0.5, 0.6) is 0 Å². The summed E-state index contributed by atoms with van der Waals surface area (Å²) in [5.74, 6) is -1.61. The molecule has 1 unspecified atom stereocenters. The van der Waals surface area contributed by atoms with Crippen LogP contribution >= 0.6 is 0 Å². The monoisotopic (exact) mass is 467 g/mol. The summed E-state index contributed by atoms with van der Waals surface area (Å²) in [7, 11) is 0. The molecule has 0 amide bonds. The number of aromatic nitrogens is 3. The van der Waals surface area contributed by atoms with Gasteiger partial charge in [0.1, 0.15) is 29.9 Å². The van der Waals surface area contributed by atoms with E-state index in [0.29, 0.717) is 31.9 Å². The molecule has 2 heterocycles. The van der Waals surface area contributed by atoms with Crippen LogP contribution in [0, 0.1) is 11.6 Å². The normalized spacial score (nSPS) is 17.2. The summed E-state index contributed by atoms with van der Waals surface area (Å²) in [5.41, 5.74) is -1.79. The predicted octanol–water partition coefficient (Wildman–Crippen LogP) is 3.29. The molecule has 0 bridgehead atoms. The molecule has 1 aliphatic rings. The average Bonchev–Trinajstić information content (AvgIpc) is 3.26. The van der Waals surface area contributed by atoms with E-state index in [-0.39, 0.29) is 18.7 Å². The lowest BCUT2D eigenvalue weighted by Crippen LogP contribution is -2.52. The number of halogens is 5. The Hall–Kier alpha value is -3.05. The minimum absolute atomic E-state index is 0.0513. The second-order valence-corrected chi connectivity index (χ2v) is 8.06. The first-order valence-electron chi connectivity index (χ1n) is 10.3. The van der Waals surface area contributed by atoms with E-state index in [9.17, 15) is 27.1 Å². The number of anilines is 1. The van der Waals surface area contributed by atoms with Crippen molar-refractivity contribution in [2.75, 3.05) is 37.6 Å². The van der Waals surface area contributed by atoms with Gasteiger partial charge < -0.3 is 10.0 Å². The lowest BCUT2D eigenvalue weighted by molar-refractivity contribution is -0.137. The number of aliphatic hydroxyl groups is 1. The van der Waals surface area contributed by atoms with Gasteiger partial charge in [-0.25, -0.2) is 18.4 Å². The molecule has 1 N–H and O–H groups in total. The van der Waals surface area contributed by atoms with Crippen LogP contribution in [0.1, 0.15) is 11.1 Å². The van der Waals surface area contributed by atoms with Crippen molar-refractivity contribution in [1.82, 2.24) is 19.7 Å². The zero-order valence-corrected chi connectivity index (χ0v) is 17.5. The maximum absolute atomic E-state index is 14.6. The predicted molar refractivity (Wildman–Crippen MR) is 110 cm³/mol. The van der Waals surface area contributed by atoms with Crippen LogP contribution in [0.4, 0.5) is 27.6 Å². The van der Waals surface area contributed by atoms with Gasteiger partial charge in [0.05, 0.1) is 12.1 Å². The maximum Gasteiger partial charge on any atom is 0.416 e. The van der Waals surface area contributed by atoms with E-state index in [0.717, 1.165) is 24.3 Å². The van der Waals surface area contributed by atoms with Crippen LogP contribution in [0.25, 0.3) is 0 Å². The van der Waals surface area contributed by atoms with Gasteiger partial charge in [0.15, 0.2) is 0 Å². The average molecular weight is 467 g/mol. The molecule has 3 aromatic rings. The van der Waals surface area contributed by atoms with Gasteiger partial charge in [0.25, 0.3) is 0 Å². The Morgan fingerprint density at radius 3 is 2.18 bits per heavy atom. The van der Waals surface area contributed by atoms with E-state index >= 15 is 0 Å². The molecule has 4 rings (SSSR count). The zero-order chi connectivity index (χ0) is 23.6. The molecule has 1 aliphatic heterocycles. The molecule has 0 saturated carbocycles. The van der Waals surface area contributed by atoms with Crippen molar-refractivity contribution < 1.29 is 27.1 Å². The molecule has 2 aromatic carbocycles. The molecule has 176 valence electrons. The number of hydrogen-bond donors (Lipinski definition) is 1. The molecule has 1 aromatic heterocycles. The molecule has 33 heavy (non-hydrogen) atoms.